The first-order valence-corrected chi connectivity index (χ1v) is 6.05. The maximum Gasteiger partial charge on any atom is 0.131 e. The number of aliphatic hydroxyl groups is 1. The summed E-state index contributed by atoms with van der Waals surface area (Å²) in [5, 5.41) is 12.7. The Hall–Kier alpha value is -1.08. The Morgan fingerprint density at radius 1 is 1.26 bits per heavy atom. The van der Waals surface area contributed by atoms with Crippen molar-refractivity contribution in [3.63, 3.8) is 0 Å². The van der Waals surface area contributed by atoms with Crippen molar-refractivity contribution in [3.05, 3.63) is 35.4 Å². The molecule has 0 radical (unpaired) electrons. The summed E-state index contributed by atoms with van der Waals surface area (Å²) in [6.07, 6.45) is -1.01. The molecule has 6 heteroatoms. The summed E-state index contributed by atoms with van der Waals surface area (Å²) in [6, 6.07) is 3.12. The van der Waals surface area contributed by atoms with Crippen LogP contribution < -0.4 is 5.32 Å². The minimum Gasteiger partial charge on any atom is -0.387 e. The van der Waals surface area contributed by atoms with E-state index in [1.165, 1.54) is 6.07 Å². The highest BCUT2D eigenvalue weighted by Gasteiger charge is 2.12. The molecular formula is C13H19F2NO3. The van der Waals surface area contributed by atoms with Gasteiger partial charge in [0, 0.05) is 31.8 Å². The third-order valence-corrected chi connectivity index (χ3v) is 2.51. The van der Waals surface area contributed by atoms with Crippen LogP contribution in [-0.2, 0) is 9.47 Å². The average Bonchev–Trinajstić information content (AvgIpc) is 2.37. The maximum absolute atomic E-state index is 13.3. The van der Waals surface area contributed by atoms with Crippen molar-refractivity contribution in [2.75, 3.05) is 40.0 Å². The predicted molar refractivity (Wildman–Crippen MR) is 66.9 cm³/mol. The molecule has 1 atom stereocenters. The molecule has 0 spiro atoms. The molecule has 1 unspecified atom stereocenters. The molecule has 19 heavy (non-hydrogen) atoms. The molecule has 4 nitrogen and oxygen atoms in total. The average molecular weight is 275 g/mol. The van der Waals surface area contributed by atoms with Crippen molar-refractivity contribution in [1.29, 1.82) is 0 Å². The van der Waals surface area contributed by atoms with Crippen LogP contribution in [0.2, 0.25) is 0 Å². The molecule has 0 saturated heterocycles. The van der Waals surface area contributed by atoms with Gasteiger partial charge in [0.25, 0.3) is 0 Å². The summed E-state index contributed by atoms with van der Waals surface area (Å²) < 4.78 is 36.1. The molecule has 1 rings (SSSR count). The second kappa shape index (κ2) is 8.92. The van der Waals surface area contributed by atoms with E-state index in [-0.39, 0.29) is 12.1 Å². The van der Waals surface area contributed by atoms with E-state index in [4.69, 9.17) is 9.47 Å². The van der Waals surface area contributed by atoms with Gasteiger partial charge in [-0.05, 0) is 6.07 Å². The zero-order valence-electron chi connectivity index (χ0n) is 10.9. The lowest BCUT2D eigenvalue weighted by atomic mass is 10.1. The fourth-order valence-corrected chi connectivity index (χ4v) is 1.51. The molecule has 0 bridgehead atoms. The summed E-state index contributed by atoms with van der Waals surface area (Å²) in [5.74, 6) is -1.40. The molecule has 0 saturated carbocycles. The number of hydrogen-bond donors (Lipinski definition) is 2. The summed E-state index contributed by atoms with van der Waals surface area (Å²) >= 11 is 0. The number of ether oxygens (including phenoxy) is 2. The van der Waals surface area contributed by atoms with Gasteiger partial charge in [0.05, 0.1) is 25.9 Å². The van der Waals surface area contributed by atoms with Gasteiger partial charge in [0.2, 0.25) is 0 Å². The second-order valence-electron chi connectivity index (χ2n) is 3.99. The van der Waals surface area contributed by atoms with Crippen molar-refractivity contribution in [2.45, 2.75) is 6.10 Å². The third-order valence-electron chi connectivity index (χ3n) is 2.51. The van der Waals surface area contributed by atoms with Crippen LogP contribution in [0.4, 0.5) is 8.78 Å². The minimum absolute atomic E-state index is 0.0780. The van der Waals surface area contributed by atoms with Gasteiger partial charge < -0.3 is 19.9 Å². The Morgan fingerprint density at radius 3 is 2.74 bits per heavy atom. The fraction of sp³-hybridized carbons (Fsp3) is 0.538. The van der Waals surface area contributed by atoms with Gasteiger partial charge in [-0.15, -0.1) is 0 Å². The summed E-state index contributed by atoms with van der Waals surface area (Å²) in [7, 11) is 1.59. The summed E-state index contributed by atoms with van der Waals surface area (Å²) in [4.78, 5) is 0. The van der Waals surface area contributed by atoms with Gasteiger partial charge >= 0.3 is 0 Å². The maximum atomic E-state index is 13.3. The van der Waals surface area contributed by atoms with Gasteiger partial charge in [-0.2, -0.15) is 0 Å². The van der Waals surface area contributed by atoms with Crippen LogP contribution >= 0.6 is 0 Å². The van der Waals surface area contributed by atoms with E-state index in [9.17, 15) is 13.9 Å². The van der Waals surface area contributed by atoms with E-state index in [0.29, 0.717) is 26.4 Å². The van der Waals surface area contributed by atoms with E-state index in [2.05, 4.69) is 5.32 Å². The number of rotatable bonds is 9. The van der Waals surface area contributed by atoms with Gasteiger partial charge in [0.1, 0.15) is 11.6 Å². The molecule has 0 fully saturated rings. The summed E-state index contributed by atoms with van der Waals surface area (Å²) in [5.41, 5.74) is 0.0780. The van der Waals surface area contributed by atoms with Crippen LogP contribution in [-0.4, -0.2) is 45.1 Å². The molecule has 0 heterocycles. The third kappa shape index (κ3) is 6.07. The molecule has 0 aliphatic rings. The van der Waals surface area contributed by atoms with Crippen molar-refractivity contribution in [1.82, 2.24) is 5.32 Å². The zero-order chi connectivity index (χ0) is 14.1. The topological polar surface area (TPSA) is 50.7 Å². The van der Waals surface area contributed by atoms with E-state index >= 15 is 0 Å². The first kappa shape index (κ1) is 16.0. The van der Waals surface area contributed by atoms with Crippen LogP contribution in [0.15, 0.2) is 18.2 Å². The van der Waals surface area contributed by atoms with Gasteiger partial charge in [0.15, 0.2) is 0 Å². The molecule has 108 valence electrons. The number of halogens is 2. The quantitative estimate of drug-likeness (QED) is 0.666. The van der Waals surface area contributed by atoms with Crippen molar-refractivity contribution in [2.24, 2.45) is 0 Å². The Morgan fingerprint density at radius 2 is 2.05 bits per heavy atom. The number of nitrogens with one attached hydrogen (secondary N) is 1. The second-order valence-corrected chi connectivity index (χ2v) is 3.99. The van der Waals surface area contributed by atoms with Crippen LogP contribution in [0.25, 0.3) is 0 Å². The first-order valence-electron chi connectivity index (χ1n) is 6.05. The van der Waals surface area contributed by atoms with Crippen LogP contribution in [0.5, 0.6) is 0 Å². The largest absolute Gasteiger partial charge is 0.387 e. The number of benzene rings is 1. The van der Waals surface area contributed by atoms with Crippen molar-refractivity contribution in [3.8, 4) is 0 Å². The molecule has 1 aromatic carbocycles. The predicted octanol–water partition coefficient (Wildman–Crippen LogP) is 1.25. The lowest BCUT2D eigenvalue weighted by Gasteiger charge is -2.13. The van der Waals surface area contributed by atoms with Crippen molar-refractivity contribution < 1.29 is 23.4 Å². The minimum atomic E-state index is -1.01. The monoisotopic (exact) mass is 275 g/mol. The Bertz CT molecular complexity index is 377. The van der Waals surface area contributed by atoms with Gasteiger partial charge in [-0.1, -0.05) is 6.07 Å². The highest BCUT2D eigenvalue weighted by molar-refractivity contribution is 5.21. The van der Waals surface area contributed by atoms with E-state index in [1.54, 1.807) is 7.11 Å². The summed E-state index contributed by atoms with van der Waals surface area (Å²) in [6.45, 7) is 2.22. The van der Waals surface area contributed by atoms with Crippen LogP contribution in [0.1, 0.15) is 11.7 Å². The Balaban J connectivity index is 2.22. The number of hydrogen-bond acceptors (Lipinski definition) is 4. The fourth-order valence-electron chi connectivity index (χ4n) is 1.51. The Kier molecular flexibility index (Phi) is 7.50. The van der Waals surface area contributed by atoms with Gasteiger partial charge in [-0.3, -0.25) is 0 Å². The number of aliphatic hydroxyl groups excluding tert-OH is 1. The first-order chi connectivity index (χ1) is 9.15. The highest BCUT2D eigenvalue weighted by atomic mass is 19.1. The normalized spacial score (nSPS) is 12.6. The smallest absolute Gasteiger partial charge is 0.131 e. The van der Waals surface area contributed by atoms with E-state index in [1.807, 2.05) is 0 Å². The molecule has 0 aromatic heterocycles. The zero-order valence-corrected chi connectivity index (χ0v) is 10.9. The lowest BCUT2D eigenvalue weighted by molar-refractivity contribution is 0.0703. The SMILES string of the molecule is COCCOCCNCC(O)c1ccc(F)cc1F. The van der Waals surface area contributed by atoms with Crippen LogP contribution in [0.3, 0.4) is 0 Å². The Labute approximate surface area is 111 Å². The van der Waals surface area contributed by atoms with Crippen molar-refractivity contribution >= 4 is 0 Å². The molecule has 0 aliphatic carbocycles. The van der Waals surface area contributed by atoms with Crippen LogP contribution in [0, 0.1) is 11.6 Å². The van der Waals surface area contributed by atoms with Gasteiger partial charge in [-0.25, -0.2) is 8.78 Å². The van der Waals surface area contributed by atoms with E-state index < -0.39 is 17.7 Å². The number of methoxy groups -OCH3 is 1. The molecule has 0 amide bonds. The lowest BCUT2D eigenvalue weighted by Crippen LogP contribution is -2.26. The molecular weight excluding hydrogens is 256 g/mol. The highest BCUT2D eigenvalue weighted by Crippen LogP contribution is 2.17. The molecule has 2 N–H and O–H groups in total. The molecule has 1 aromatic rings. The standard InChI is InChI=1S/C13H19F2NO3/c1-18-6-7-19-5-4-16-9-13(17)11-3-2-10(14)8-12(11)15/h2-3,8,13,16-17H,4-7,9H2,1H3. The molecule has 0 aliphatic heterocycles. The van der Waals surface area contributed by atoms with E-state index in [0.717, 1.165) is 12.1 Å².